The summed E-state index contributed by atoms with van der Waals surface area (Å²) in [6.45, 7) is 0.381. The van der Waals surface area contributed by atoms with Crippen LogP contribution in [0.5, 0.6) is 5.75 Å². The van der Waals surface area contributed by atoms with Crippen molar-refractivity contribution in [2.24, 2.45) is 0 Å². The van der Waals surface area contributed by atoms with Gasteiger partial charge in [-0.1, -0.05) is 0 Å². The lowest BCUT2D eigenvalue weighted by molar-refractivity contribution is -0.0211. The van der Waals surface area contributed by atoms with E-state index < -0.39 is 28.8 Å². The van der Waals surface area contributed by atoms with Crippen molar-refractivity contribution in [3.8, 4) is 5.75 Å². The number of aliphatic hydroxyl groups excluding tert-OH is 1. The van der Waals surface area contributed by atoms with Crippen LogP contribution in [-0.4, -0.2) is 60.1 Å². The minimum absolute atomic E-state index is 0.00607. The molecule has 2 N–H and O–H groups in total. The highest BCUT2D eigenvalue weighted by Gasteiger charge is 2.45. The molecule has 1 aromatic heterocycles. The number of nitrogens with one attached hydrogen (secondary N) is 1. The van der Waals surface area contributed by atoms with E-state index >= 15 is 0 Å². The SMILES string of the molecule is COC[C@H]1S[C@@H](n2cc(OC)c(=O)[nH]c2=O)[C@@H](O)C1OC. The lowest BCUT2D eigenvalue weighted by Gasteiger charge is -2.20. The van der Waals surface area contributed by atoms with Crippen molar-refractivity contribution in [1.29, 1.82) is 0 Å². The average molecular weight is 318 g/mol. The van der Waals surface area contributed by atoms with E-state index in [0.29, 0.717) is 6.61 Å². The molecule has 2 rings (SSSR count). The molecule has 21 heavy (non-hydrogen) atoms. The van der Waals surface area contributed by atoms with Crippen molar-refractivity contribution in [3.63, 3.8) is 0 Å². The molecule has 1 aliphatic rings. The van der Waals surface area contributed by atoms with Crippen molar-refractivity contribution in [3.05, 3.63) is 27.0 Å². The van der Waals surface area contributed by atoms with Crippen molar-refractivity contribution >= 4 is 11.8 Å². The Labute approximate surface area is 125 Å². The number of aromatic amines is 1. The van der Waals surface area contributed by atoms with Crippen LogP contribution in [0.15, 0.2) is 15.8 Å². The van der Waals surface area contributed by atoms with E-state index in [1.807, 2.05) is 0 Å². The van der Waals surface area contributed by atoms with Gasteiger partial charge in [-0.3, -0.25) is 14.3 Å². The van der Waals surface area contributed by atoms with Gasteiger partial charge in [-0.2, -0.15) is 0 Å². The summed E-state index contributed by atoms with van der Waals surface area (Å²) in [4.78, 5) is 25.6. The first-order chi connectivity index (χ1) is 10.0. The molecule has 1 fully saturated rings. The van der Waals surface area contributed by atoms with Gasteiger partial charge in [0, 0.05) is 14.2 Å². The second kappa shape index (κ2) is 6.65. The van der Waals surface area contributed by atoms with Gasteiger partial charge in [0.05, 0.1) is 25.2 Å². The normalized spacial score (nSPS) is 28.8. The molecule has 8 nitrogen and oxygen atoms in total. The molecule has 0 saturated carbocycles. The van der Waals surface area contributed by atoms with E-state index in [2.05, 4.69) is 4.98 Å². The van der Waals surface area contributed by atoms with Crippen LogP contribution in [0, 0.1) is 0 Å². The third-order valence-corrected chi connectivity index (χ3v) is 4.88. The number of aliphatic hydroxyl groups is 1. The molecule has 1 aliphatic heterocycles. The monoisotopic (exact) mass is 318 g/mol. The molecule has 0 amide bonds. The number of thioether (sulfide) groups is 1. The van der Waals surface area contributed by atoms with E-state index in [-0.39, 0.29) is 11.0 Å². The highest BCUT2D eigenvalue weighted by molar-refractivity contribution is 8.00. The maximum absolute atomic E-state index is 12.0. The fraction of sp³-hybridized carbons (Fsp3) is 0.667. The summed E-state index contributed by atoms with van der Waals surface area (Å²) in [5, 5.41) is 9.65. The summed E-state index contributed by atoms with van der Waals surface area (Å²) in [6.07, 6.45) is -0.0810. The average Bonchev–Trinajstić information content (AvgIpc) is 2.75. The van der Waals surface area contributed by atoms with Gasteiger partial charge < -0.3 is 19.3 Å². The topological polar surface area (TPSA) is 103 Å². The smallest absolute Gasteiger partial charge is 0.329 e. The summed E-state index contributed by atoms with van der Waals surface area (Å²) < 4.78 is 16.6. The molecule has 2 heterocycles. The summed E-state index contributed by atoms with van der Waals surface area (Å²) in [5.41, 5.74) is -1.21. The Kier molecular flexibility index (Phi) is 5.09. The first-order valence-electron chi connectivity index (χ1n) is 6.28. The number of hydrogen-bond acceptors (Lipinski definition) is 7. The third-order valence-electron chi connectivity index (χ3n) is 3.34. The molecule has 1 aromatic rings. The molecular weight excluding hydrogens is 300 g/mol. The van der Waals surface area contributed by atoms with Crippen LogP contribution < -0.4 is 16.0 Å². The zero-order valence-corrected chi connectivity index (χ0v) is 12.8. The Bertz CT molecular complexity index is 600. The number of rotatable bonds is 5. The summed E-state index contributed by atoms with van der Waals surface area (Å²) >= 11 is 1.35. The Morgan fingerprint density at radius 2 is 2.10 bits per heavy atom. The van der Waals surface area contributed by atoms with Crippen molar-refractivity contribution in [2.45, 2.75) is 22.8 Å². The zero-order valence-electron chi connectivity index (χ0n) is 11.9. The Morgan fingerprint density at radius 1 is 1.38 bits per heavy atom. The van der Waals surface area contributed by atoms with Crippen molar-refractivity contribution in [1.82, 2.24) is 9.55 Å². The number of methoxy groups -OCH3 is 3. The Hall–Kier alpha value is -1.29. The minimum Gasteiger partial charge on any atom is -0.490 e. The maximum atomic E-state index is 12.0. The molecule has 118 valence electrons. The lowest BCUT2D eigenvalue weighted by Crippen LogP contribution is -2.38. The second-order valence-electron chi connectivity index (χ2n) is 4.58. The van der Waals surface area contributed by atoms with E-state index in [4.69, 9.17) is 14.2 Å². The first kappa shape index (κ1) is 16.1. The maximum Gasteiger partial charge on any atom is 0.329 e. The van der Waals surface area contributed by atoms with Crippen LogP contribution >= 0.6 is 11.8 Å². The van der Waals surface area contributed by atoms with Gasteiger partial charge in [-0.25, -0.2) is 4.79 Å². The van der Waals surface area contributed by atoms with E-state index in [1.54, 1.807) is 7.11 Å². The predicted octanol–water partition coefficient (Wildman–Crippen LogP) is -0.818. The molecule has 0 aromatic carbocycles. The van der Waals surface area contributed by atoms with Crippen LogP contribution in [0.25, 0.3) is 0 Å². The fourth-order valence-corrected chi connectivity index (χ4v) is 3.94. The minimum atomic E-state index is -0.909. The Morgan fingerprint density at radius 3 is 2.67 bits per heavy atom. The number of aromatic nitrogens is 2. The van der Waals surface area contributed by atoms with Gasteiger partial charge in [-0.05, 0) is 0 Å². The molecule has 0 radical (unpaired) electrons. The van der Waals surface area contributed by atoms with Gasteiger partial charge in [0.25, 0.3) is 5.56 Å². The fourth-order valence-electron chi connectivity index (χ4n) is 2.34. The van der Waals surface area contributed by atoms with Crippen LogP contribution in [0.2, 0.25) is 0 Å². The Balaban J connectivity index is 2.38. The summed E-state index contributed by atoms with van der Waals surface area (Å²) in [7, 11) is 4.39. The summed E-state index contributed by atoms with van der Waals surface area (Å²) in [6, 6.07) is 0. The largest absolute Gasteiger partial charge is 0.490 e. The zero-order chi connectivity index (χ0) is 15.6. The lowest BCUT2D eigenvalue weighted by atomic mass is 10.1. The number of H-pyrrole nitrogens is 1. The molecule has 9 heteroatoms. The van der Waals surface area contributed by atoms with Crippen LogP contribution in [0.1, 0.15) is 5.37 Å². The van der Waals surface area contributed by atoms with Crippen LogP contribution in [-0.2, 0) is 9.47 Å². The second-order valence-corrected chi connectivity index (χ2v) is 5.94. The molecule has 4 atom stereocenters. The molecule has 0 aliphatic carbocycles. The van der Waals surface area contributed by atoms with Crippen molar-refractivity contribution < 1.29 is 19.3 Å². The number of hydrogen-bond donors (Lipinski definition) is 2. The molecular formula is C12H18N2O6S. The molecule has 0 bridgehead atoms. The van der Waals surface area contributed by atoms with E-state index in [1.165, 1.54) is 36.7 Å². The number of ether oxygens (including phenoxy) is 3. The van der Waals surface area contributed by atoms with Crippen LogP contribution in [0.4, 0.5) is 0 Å². The van der Waals surface area contributed by atoms with Gasteiger partial charge >= 0.3 is 5.69 Å². The standard InChI is InChI=1S/C12H18N2O6S/c1-18-5-7-9(20-3)8(15)11(21-7)14-4-6(19-2)10(16)13-12(14)17/h4,7-9,11,15H,5H2,1-3H3,(H,13,16,17)/t7-,8+,9?,11-/m1/s1. The van der Waals surface area contributed by atoms with Crippen molar-refractivity contribution in [2.75, 3.05) is 27.9 Å². The van der Waals surface area contributed by atoms with E-state index in [9.17, 15) is 14.7 Å². The third kappa shape index (κ3) is 3.00. The van der Waals surface area contributed by atoms with Gasteiger partial charge in [0.1, 0.15) is 17.6 Å². The highest BCUT2D eigenvalue weighted by Crippen LogP contribution is 2.42. The quantitative estimate of drug-likeness (QED) is 0.731. The van der Waals surface area contributed by atoms with Gasteiger partial charge in [-0.15, -0.1) is 11.8 Å². The van der Waals surface area contributed by atoms with Crippen LogP contribution in [0.3, 0.4) is 0 Å². The predicted molar refractivity (Wildman–Crippen MR) is 77.0 cm³/mol. The first-order valence-corrected chi connectivity index (χ1v) is 7.22. The van der Waals surface area contributed by atoms with E-state index in [0.717, 1.165) is 0 Å². The molecule has 0 spiro atoms. The van der Waals surface area contributed by atoms with Gasteiger partial charge in [0.15, 0.2) is 0 Å². The number of nitrogens with zero attached hydrogens (tertiary/aromatic N) is 1. The molecule has 1 saturated heterocycles. The highest BCUT2D eigenvalue weighted by atomic mass is 32.2. The summed E-state index contributed by atoms with van der Waals surface area (Å²) in [5.74, 6) is 0.00607. The molecule has 1 unspecified atom stereocenters. The van der Waals surface area contributed by atoms with Gasteiger partial charge in [0.2, 0.25) is 5.75 Å².